The molecular formula is C19H22N2. The molecule has 2 N–H and O–H groups in total. The number of aryl methyl sites for hydroxylation is 1. The normalized spacial score (nSPS) is 12.7. The SMILES string of the molecule is CNCCC(c1ccccc1)c1ccc2[nH]c(C)cc2c1. The molecule has 21 heavy (non-hydrogen) atoms. The molecule has 3 rings (SSSR count). The lowest BCUT2D eigenvalue weighted by atomic mass is 9.88. The highest BCUT2D eigenvalue weighted by molar-refractivity contribution is 5.81. The number of aromatic nitrogens is 1. The highest BCUT2D eigenvalue weighted by Crippen LogP contribution is 2.30. The molecule has 1 atom stereocenters. The predicted molar refractivity (Wildman–Crippen MR) is 89.9 cm³/mol. The predicted octanol–water partition coefficient (Wildman–Crippen LogP) is 4.22. The summed E-state index contributed by atoms with van der Waals surface area (Å²) in [5, 5.41) is 4.57. The number of aromatic amines is 1. The molecule has 0 radical (unpaired) electrons. The first-order valence-electron chi connectivity index (χ1n) is 7.57. The van der Waals surface area contributed by atoms with Crippen LogP contribution in [0.15, 0.2) is 54.6 Å². The molecule has 1 unspecified atom stereocenters. The van der Waals surface area contributed by atoms with Crippen molar-refractivity contribution in [3.8, 4) is 0 Å². The lowest BCUT2D eigenvalue weighted by Gasteiger charge is -2.18. The monoisotopic (exact) mass is 278 g/mol. The molecule has 0 saturated carbocycles. The van der Waals surface area contributed by atoms with Gasteiger partial charge in [-0.3, -0.25) is 0 Å². The summed E-state index contributed by atoms with van der Waals surface area (Å²) in [6, 6.07) is 19.8. The molecular weight excluding hydrogens is 256 g/mol. The lowest BCUT2D eigenvalue weighted by Crippen LogP contribution is -2.13. The zero-order valence-electron chi connectivity index (χ0n) is 12.7. The second kappa shape index (κ2) is 6.15. The Morgan fingerprint density at radius 3 is 2.57 bits per heavy atom. The average molecular weight is 278 g/mol. The summed E-state index contributed by atoms with van der Waals surface area (Å²) in [4.78, 5) is 3.40. The van der Waals surface area contributed by atoms with Crippen LogP contribution in [0.5, 0.6) is 0 Å². The third kappa shape index (κ3) is 3.01. The maximum atomic E-state index is 3.40. The summed E-state index contributed by atoms with van der Waals surface area (Å²) in [6.45, 7) is 3.12. The van der Waals surface area contributed by atoms with Gasteiger partial charge in [0.05, 0.1) is 0 Å². The van der Waals surface area contributed by atoms with E-state index in [2.05, 4.69) is 71.8 Å². The molecule has 2 heteroatoms. The van der Waals surface area contributed by atoms with Gasteiger partial charge in [-0.1, -0.05) is 36.4 Å². The Kier molecular flexibility index (Phi) is 4.07. The van der Waals surface area contributed by atoms with Gasteiger partial charge in [-0.2, -0.15) is 0 Å². The first-order valence-corrected chi connectivity index (χ1v) is 7.57. The quantitative estimate of drug-likeness (QED) is 0.718. The van der Waals surface area contributed by atoms with Gasteiger partial charge in [0.15, 0.2) is 0 Å². The number of hydrogen-bond donors (Lipinski definition) is 2. The molecule has 0 bridgehead atoms. The van der Waals surface area contributed by atoms with Crippen LogP contribution in [-0.4, -0.2) is 18.6 Å². The molecule has 1 heterocycles. The molecule has 0 aliphatic carbocycles. The zero-order chi connectivity index (χ0) is 14.7. The molecule has 3 aromatic rings. The van der Waals surface area contributed by atoms with E-state index in [1.165, 1.54) is 27.7 Å². The molecule has 0 fully saturated rings. The van der Waals surface area contributed by atoms with E-state index in [1.54, 1.807) is 0 Å². The first kappa shape index (κ1) is 13.9. The van der Waals surface area contributed by atoms with Crippen molar-refractivity contribution in [2.75, 3.05) is 13.6 Å². The molecule has 2 nitrogen and oxygen atoms in total. The van der Waals surface area contributed by atoms with E-state index < -0.39 is 0 Å². The highest BCUT2D eigenvalue weighted by Gasteiger charge is 2.14. The smallest absolute Gasteiger partial charge is 0.0456 e. The van der Waals surface area contributed by atoms with Gasteiger partial charge in [0, 0.05) is 17.1 Å². The van der Waals surface area contributed by atoms with Gasteiger partial charge in [0.1, 0.15) is 0 Å². The first-order chi connectivity index (χ1) is 10.3. The van der Waals surface area contributed by atoms with Crippen LogP contribution in [0.3, 0.4) is 0 Å². The summed E-state index contributed by atoms with van der Waals surface area (Å²) in [5.41, 5.74) is 5.22. The fraction of sp³-hybridized carbons (Fsp3) is 0.263. The Balaban J connectivity index is 2.00. The van der Waals surface area contributed by atoms with Crippen molar-refractivity contribution in [1.29, 1.82) is 0 Å². The van der Waals surface area contributed by atoms with Gasteiger partial charge in [0.25, 0.3) is 0 Å². The third-order valence-corrected chi connectivity index (χ3v) is 4.07. The van der Waals surface area contributed by atoms with E-state index in [0.29, 0.717) is 5.92 Å². The van der Waals surface area contributed by atoms with Crippen LogP contribution in [0.1, 0.15) is 29.2 Å². The Hall–Kier alpha value is -2.06. The fourth-order valence-electron chi connectivity index (χ4n) is 3.01. The van der Waals surface area contributed by atoms with Crippen LogP contribution < -0.4 is 5.32 Å². The lowest BCUT2D eigenvalue weighted by molar-refractivity contribution is 0.662. The summed E-state index contributed by atoms with van der Waals surface area (Å²) in [5.74, 6) is 0.443. The van der Waals surface area contributed by atoms with Crippen LogP contribution in [0.2, 0.25) is 0 Å². The second-order valence-electron chi connectivity index (χ2n) is 5.65. The van der Waals surface area contributed by atoms with Gasteiger partial charge < -0.3 is 10.3 Å². The summed E-state index contributed by atoms with van der Waals surface area (Å²) in [6.07, 6.45) is 1.11. The molecule has 0 aliphatic heterocycles. The topological polar surface area (TPSA) is 27.8 Å². The van der Waals surface area contributed by atoms with Crippen molar-refractivity contribution in [2.45, 2.75) is 19.3 Å². The number of H-pyrrole nitrogens is 1. The molecule has 0 saturated heterocycles. The van der Waals surface area contributed by atoms with Crippen molar-refractivity contribution < 1.29 is 0 Å². The van der Waals surface area contributed by atoms with Crippen LogP contribution in [0.25, 0.3) is 10.9 Å². The van der Waals surface area contributed by atoms with Crippen molar-refractivity contribution >= 4 is 10.9 Å². The number of hydrogen-bond acceptors (Lipinski definition) is 1. The summed E-state index contributed by atoms with van der Waals surface area (Å²) in [7, 11) is 2.01. The van der Waals surface area contributed by atoms with E-state index in [1.807, 2.05) is 7.05 Å². The maximum Gasteiger partial charge on any atom is 0.0456 e. The number of nitrogens with one attached hydrogen (secondary N) is 2. The summed E-state index contributed by atoms with van der Waals surface area (Å²) < 4.78 is 0. The number of rotatable bonds is 5. The minimum atomic E-state index is 0.443. The third-order valence-electron chi connectivity index (χ3n) is 4.07. The van der Waals surface area contributed by atoms with Gasteiger partial charge in [0.2, 0.25) is 0 Å². The second-order valence-corrected chi connectivity index (χ2v) is 5.65. The maximum absolute atomic E-state index is 3.40. The standard InChI is InChI=1S/C19H22N2/c1-14-12-17-13-16(8-9-19(17)21-14)18(10-11-20-2)15-6-4-3-5-7-15/h3-9,12-13,18,20-21H,10-11H2,1-2H3. The number of fused-ring (bicyclic) bond motifs is 1. The van der Waals surface area contributed by atoms with Gasteiger partial charge in [-0.15, -0.1) is 0 Å². The minimum Gasteiger partial charge on any atom is -0.359 e. The van der Waals surface area contributed by atoms with Crippen LogP contribution >= 0.6 is 0 Å². The van der Waals surface area contributed by atoms with E-state index in [4.69, 9.17) is 0 Å². The van der Waals surface area contributed by atoms with Crippen molar-refractivity contribution in [3.05, 3.63) is 71.4 Å². The minimum absolute atomic E-state index is 0.443. The van der Waals surface area contributed by atoms with E-state index in [0.717, 1.165) is 13.0 Å². The Morgan fingerprint density at radius 1 is 1.00 bits per heavy atom. The highest BCUT2D eigenvalue weighted by atomic mass is 14.8. The Morgan fingerprint density at radius 2 is 1.81 bits per heavy atom. The van der Waals surface area contributed by atoms with E-state index >= 15 is 0 Å². The van der Waals surface area contributed by atoms with Crippen molar-refractivity contribution in [2.24, 2.45) is 0 Å². The molecule has 1 aromatic heterocycles. The van der Waals surface area contributed by atoms with Crippen LogP contribution in [0, 0.1) is 6.92 Å². The van der Waals surface area contributed by atoms with E-state index in [-0.39, 0.29) is 0 Å². The Labute approximate surface area is 126 Å². The molecule has 2 aromatic carbocycles. The average Bonchev–Trinajstić information content (AvgIpc) is 2.88. The van der Waals surface area contributed by atoms with E-state index in [9.17, 15) is 0 Å². The van der Waals surface area contributed by atoms with Gasteiger partial charge in [-0.25, -0.2) is 0 Å². The zero-order valence-corrected chi connectivity index (χ0v) is 12.7. The fourth-order valence-corrected chi connectivity index (χ4v) is 3.01. The Bertz CT molecular complexity index is 713. The largest absolute Gasteiger partial charge is 0.359 e. The van der Waals surface area contributed by atoms with Crippen molar-refractivity contribution in [1.82, 2.24) is 10.3 Å². The molecule has 0 spiro atoms. The van der Waals surface area contributed by atoms with Crippen LogP contribution in [0.4, 0.5) is 0 Å². The van der Waals surface area contributed by atoms with Gasteiger partial charge >= 0.3 is 0 Å². The summed E-state index contributed by atoms with van der Waals surface area (Å²) >= 11 is 0. The van der Waals surface area contributed by atoms with Crippen LogP contribution in [-0.2, 0) is 0 Å². The molecule has 0 aliphatic rings. The molecule has 108 valence electrons. The van der Waals surface area contributed by atoms with Gasteiger partial charge in [-0.05, 0) is 61.6 Å². The molecule has 0 amide bonds. The number of benzene rings is 2. The van der Waals surface area contributed by atoms with Crippen molar-refractivity contribution in [3.63, 3.8) is 0 Å².